The highest BCUT2D eigenvalue weighted by Gasteiger charge is 2.50. The van der Waals surface area contributed by atoms with E-state index in [4.69, 9.17) is 9.72 Å². The highest BCUT2D eigenvalue weighted by Crippen LogP contribution is 2.55. The van der Waals surface area contributed by atoms with Crippen molar-refractivity contribution in [2.45, 2.75) is 25.3 Å². The van der Waals surface area contributed by atoms with E-state index in [1.165, 1.54) is 17.4 Å². The van der Waals surface area contributed by atoms with Gasteiger partial charge in [0.05, 0.1) is 23.0 Å². The van der Waals surface area contributed by atoms with Crippen molar-refractivity contribution in [3.8, 4) is 16.3 Å². The van der Waals surface area contributed by atoms with Crippen molar-refractivity contribution in [3.63, 3.8) is 0 Å². The van der Waals surface area contributed by atoms with Crippen LogP contribution in [0.4, 0.5) is 5.95 Å². The summed E-state index contributed by atoms with van der Waals surface area (Å²) in [6.07, 6.45) is 5.98. The molecule has 1 saturated carbocycles. The molecule has 188 valence electrons. The summed E-state index contributed by atoms with van der Waals surface area (Å²) in [4.78, 5) is 37.8. The minimum atomic E-state index is -0.188. The van der Waals surface area contributed by atoms with Crippen LogP contribution in [0.5, 0.6) is 5.88 Å². The van der Waals surface area contributed by atoms with Crippen LogP contribution >= 0.6 is 11.3 Å². The first-order chi connectivity index (χ1) is 18.0. The SMILES string of the molecule is C=CC(=O)N1CCC2(CC(n3c(NC(=O)c4ccc(-c5ccnc(OC)c5)s4)nc4ccccc43)C2)C1. The van der Waals surface area contributed by atoms with Crippen molar-refractivity contribution in [2.75, 3.05) is 25.5 Å². The molecule has 1 N–H and O–H groups in total. The molecule has 1 spiro atoms. The highest BCUT2D eigenvalue weighted by atomic mass is 32.1. The van der Waals surface area contributed by atoms with Crippen LogP contribution in [0, 0.1) is 5.41 Å². The number of rotatable bonds is 6. The van der Waals surface area contributed by atoms with Crippen LogP contribution in [0.25, 0.3) is 21.5 Å². The number of thiophene rings is 1. The average molecular weight is 514 g/mol. The molecule has 1 saturated heterocycles. The molecule has 37 heavy (non-hydrogen) atoms. The minimum absolute atomic E-state index is 0.00175. The van der Waals surface area contributed by atoms with Gasteiger partial charge in [-0.2, -0.15) is 0 Å². The Hall–Kier alpha value is -3.98. The predicted molar refractivity (Wildman–Crippen MR) is 144 cm³/mol. The van der Waals surface area contributed by atoms with E-state index in [1.807, 2.05) is 53.4 Å². The number of amides is 2. The summed E-state index contributed by atoms with van der Waals surface area (Å²) in [5, 5.41) is 3.08. The average Bonchev–Trinajstić information content (AvgIpc) is 3.64. The van der Waals surface area contributed by atoms with E-state index in [9.17, 15) is 9.59 Å². The largest absolute Gasteiger partial charge is 0.481 e. The molecule has 6 rings (SSSR count). The summed E-state index contributed by atoms with van der Waals surface area (Å²) in [6.45, 7) is 5.16. The molecule has 2 amide bonds. The van der Waals surface area contributed by atoms with E-state index in [1.54, 1.807) is 13.3 Å². The van der Waals surface area contributed by atoms with Crippen molar-refractivity contribution in [3.05, 3.63) is 72.3 Å². The zero-order chi connectivity index (χ0) is 25.6. The number of aromatic nitrogens is 3. The number of methoxy groups -OCH3 is 1. The van der Waals surface area contributed by atoms with E-state index < -0.39 is 0 Å². The molecule has 2 aliphatic rings. The smallest absolute Gasteiger partial charge is 0.268 e. The van der Waals surface area contributed by atoms with Crippen LogP contribution in [0.2, 0.25) is 0 Å². The first-order valence-electron chi connectivity index (χ1n) is 12.3. The van der Waals surface area contributed by atoms with Crippen LogP contribution in [-0.2, 0) is 4.79 Å². The molecule has 0 bridgehead atoms. The lowest BCUT2D eigenvalue weighted by Crippen LogP contribution is -2.42. The van der Waals surface area contributed by atoms with E-state index in [-0.39, 0.29) is 23.3 Å². The molecule has 0 unspecified atom stereocenters. The van der Waals surface area contributed by atoms with Gasteiger partial charge < -0.3 is 14.2 Å². The number of nitrogens with one attached hydrogen (secondary N) is 1. The van der Waals surface area contributed by atoms with Gasteiger partial charge in [-0.05, 0) is 66.6 Å². The number of benzene rings is 1. The Bertz CT molecular complexity index is 1520. The number of nitrogens with zero attached hydrogens (tertiary/aromatic N) is 4. The maximum Gasteiger partial charge on any atom is 0.268 e. The van der Waals surface area contributed by atoms with Gasteiger partial charge in [0.25, 0.3) is 5.91 Å². The third-order valence-corrected chi connectivity index (χ3v) is 8.64. The molecule has 3 aromatic heterocycles. The number of likely N-dealkylation sites (tertiary alicyclic amines) is 1. The molecule has 0 atom stereocenters. The van der Waals surface area contributed by atoms with Crippen LogP contribution in [0.1, 0.15) is 35.0 Å². The monoisotopic (exact) mass is 513 g/mol. The molecular formula is C28H27N5O3S. The van der Waals surface area contributed by atoms with Crippen LogP contribution in [-0.4, -0.2) is 51.4 Å². The quantitative estimate of drug-likeness (QED) is 0.360. The molecule has 1 aromatic carbocycles. The standard InChI is InChI=1S/C28H27N5O3S/c1-3-25(34)32-13-11-28(17-32)15-19(16-28)33-21-7-5-4-6-20(21)30-27(33)31-26(35)23-9-8-22(37-23)18-10-12-29-24(14-18)36-2/h3-10,12,14,19H,1,11,13,15-17H2,2H3,(H,30,31,35). The third-order valence-electron chi connectivity index (χ3n) is 7.51. The number of fused-ring (bicyclic) bond motifs is 1. The van der Waals surface area contributed by atoms with Crippen molar-refractivity contribution in [1.29, 1.82) is 0 Å². The summed E-state index contributed by atoms with van der Waals surface area (Å²) >= 11 is 1.42. The Morgan fingerprint density at radius 1 is 1.22 bits per heavy atom. The van der Waals surface area contributed by atoms with Crippen molar-refractivity contribution < 1.29 is 14.3 Å². The number of anilines is 1. The van der Waals surface area contributed by atoms with E-state index in [2.05, 4.69) is 21.4 Å². The first kappa shape index (κ1) is 23.4. The Balaban J connectivity index is 1.23. The lowest BCUT2D eigenvalue weighted by molar-refractivity contribution is -0.125. The second kappa shape index (κ2) is 9.15. The van der Waals surface area contributed by atoms with Gasteiger partial charge in [0.15, 0.2) is 0 Å². The van der Waals surface area contributed by atoms with Gasteiger partial charge in [-0.3, -0.25) is 14.9 Å². The van der Waals surface area contributed by atoms with Crippen molar-refractivity contribution in [1.82, 2.24) is 19.4 Å². The summed E-state index contributed by atoms with van der Waals surface area (Å²) < 4.78 is 7.39. The van der Waals surface area contributed by atoms with Gasteiger partial charge >= 0.3 is 0 Å². The van der Waals surface area contributed by atoms with Gasteiger partial charge in [-0.25, -0.2) is 9.97 Å². The second-order valence-corrected chi connectivity index (χ2v) is 10.9. The number of ether oxygens (including phenoxy) is 1. The van der Waals surface area contributed by atoms with Gasteiger partial charge in [-0.15, -0.1) is 11.3 Å². The molecule has 2 fully saturated rings. The number of hydrogen-bond acceptors (Lipinski definition) is 6. The fraction of sp³-hybridized carbons (Fsp3) is 0.286. The summed E-state index contributed by atoms with van der Waals surface area (Å²) in [6, 6.07) is 15.7. The van der Waals surface area contributed by atoms with Gasteiger partial charge in [0.2, 0.25) is 17.7 Å². The summed E-state index contributed by atoms with van der Waals surface area (Å²) in [7, 11) is 1.58. The number of hydrogen-bond donors (Lipinski definition) is 1. The third kappa shape index (κ3) is 4.19. The predicted octanol–water partition coefficient (Wildman–Crippen LogP) is 5.16. The molecule has 4 heterocycles. The second-order valence-electron chi connectivity index (χ2n) is 9.78. The molecule has 8 nitrogen and oxygen atoms in total. The fourth-order valence-corrected chi connectivity index (χ4v) is 6.56. The lowest BCUT2D eigenvalue weighted by Gasteiger charge is -2.46. The zero-order valence-electron chi connectivity index (χ0n) is 20.5. The van der Waals surface area contributed by atoms with Crippen LogP contribution in [0.3, 0.4) is 0 Å². The van der Waals surface area contributed by atoms with Crippen LogP contribution in [0.15, 0.2) is 67.4 Å². The Labute approximate surface area is 218 Å². The van der Waals surface area contributed by atoms with Gasteiger partial charge in [0, 0.05) is 36.3 Å². The molecular weight excluding hydrogens is 486 g/mol. The molecule has 1 aliphatic heterocycles. The zero-order valence-corrected chi connectivity index (χ0v) is 21.3. The van der Waals surface area contributed by atoms with E-state index in [0.29, 0.717) is 16.7 Å². The van der Waals surface area contributed by atoms with Crippen molar-refractivity contribution in [2.24, 2.45) is 5.41 Å². The fourth-order valence-electron chi connectivity index (χ4n) is 5.66. The van der Waals surface area contributed by atoms with Gasteiger partial charge in [-0.1, -0.05) is 18.7 Å². The molecule has 1 aliphatic carbocycles. The number of imidazole rings is 1. The number of carbonyl (C=O) groups is 2. The van der Waals surface area contributed by atoms with Gasteiger partial charge in [0.1, 0.15) is 0 Å². The number of para-hydroxylation sites is 2. The Morgan fingerprint density at radius 3 is 2.86 bits per heavy atom. The van der Waals surface area contributed by atoms with Crippen molar-refractivity contribution >= 4 is 40.1 Å². The topological polar surface area (TPSA) is 89.4 Å². The lowest BCUT2D eigenvalue weighted by atomic mass is 9.65. The normalized spacial score (nSPS) is 20.7. The molecule has 9 heteroatoms. The molecule has 0 radical (unpaired) electrons. The van der Waals surface area contributed by atoms with E-state index >= 15 is 0 Å². The summed E-state index contributed by atoms with van der Waals surface area (Å²) in [5.74, 6) is 0.903. The maximum absolute atomic E-state index is 13.3. The number of pyridine rings is 1. The first-order valence-corrected chi connectivity index (χ1v) is 13.1. The molecule has 4 aromatic rings. The Kier molecular flexibility index (Phi) is 5.79. The minimum Gasteiger partial charge on any atom is -0.481 e. The summed E-state index contributed by atoms with van der Waals surface area (Å²) in [5.41, 5.74) is 2.93. The maximum atomic E-state index is 13.3. The highest BCUT2D eigenvalue weighted by molar-refractivity contribution is 7.17. The van der Waals surface area contributed by atoms with Crippen LogP contribution < -0.4 is 10.1 Å². The van der Waals surface area contributed by atoms with E-state index in [0.717, 1.165) is 53.8 Å². The Morgan fingerprint density at radius 2 is 2.05 bits per heavy atom. The number of carbonyl (C=O) groups excluding carboxylic acids is 2.